The number of ether oxygens (including phenoxy) is 1. The molecule has 1 amide bonds. The molecule has 0 aliphatic heterocycles. The van der Waals surface area contributed by atoms with E-state index >= 15 is 0 Å². The first-order valence-corrected chi connectivity index (χ1v) is 6.42. The average Bonchev–Trinajstić information content (AvgIpc) is 2.94. The summed E-state index contributed by atoms with van der Waals surface area (Å²) in [5.74, 6) is -0.189. The number of hydrogen-bond donors (Lipinski definition) is 2. The Labute approximate surface area is 117 Å². The number of carbonyl (C=O) groups excluding carboxylic acids is 1. The van der Waals surface area contributed by atoms with Crippen molar-refractivity contribution in [3.63, 3.8) is 0 Å². The molecule has 2 aromatic rings. The fourth-order valence-corrected chi connectivity index (χ4v) is 1.78. The molecule has 0 saturated carbocycles. The zero-order valence-electron chi connectivity index (χ0n) is 11.2. The molecule has 106 valence electrons. The van der Waals surface area contributed by atoms with E-state index in [1.54, 1.807) is 10.9 Å². The summed E-state index contributed by atoms with van der Waals surface area (Å²) >= 11 is 0. The maximum absolute atomic E-state index is 11.7. The summed E-state index contributed by atoms with van der Waals surface area (Å²) in [4.78, 5) is 11.7. The van der Waals surface area contributed by atoms with Gasteiger partial charge >= 0.3 is 0 Å². The van der Waals surface area contributed by atoms with Gasteiger partial charge in [-0.3, -0.25) is 9.48 Å². The first-order valence-electron chi connectivity index (χ1n) is 6.42. The lowest BCUT2D eigenvalue weighted by Crippen LogP contribution is -2.21. The molecule has 0 saturated heterocycles. The van der Waals surface area contributed by atoms with Crippen LogP contribution in [0.2, 0.25) is 0 Å². The summed E-state index contributed by atoms with van der Waals surface area (Å²) in [7, 11) is 0. The monoisotopic (exact) mass is 274 g/mol. The minimum atomic E-state index is -0.189. The van der Waals surface area contributed by atoms with Gasteiger partial charge in [0.25, 0.3) is 0 Å². The topological polar surface area (TPSA) is 82.2 Å². The largest absolute Gasteiger partial charge is 0.370 e. The highest BCUT2D eigenvalue weighted by Gasteiger charge is 2.07. The van der Waals surface area contributed by atoms with Crippen LogP contribution >= 0.6 is 0 Å². The molecule has 2 rings (SSSR count). The van der Waals surface area contributed by atoms with Crippen LogP contribution in [0.25, 0.3) is 0 Å². The zero-order chi connectivity index (χ0) is 14.2. The van der Waals surface area contributed by atoms with Crippen molar-refractivity contribution in [3.05, 3.63) is 48.3 Å². The van der Waals surface area contributed by atoms with Crippen molar-refractivity contribution in [2.45, 2.75) is 6.54 Å². The van der Waals surface area contributed by atoms with Crippen LogP contribution in [0.5, 0.6) is 0 Å². The molecule has 0 aliphatic rings. The normalized spacial score (nSPS) is 10.4. The zero-order valence-corrected chi connectivity index (χ0v) is 11.2. The number of aromatic nitrogens is 2. The van der Waals surface area contributed by atoms with Gasteiger partial charge in [-0.1, -0.05) is 18.2 Å². The van der Waals surface area contributed by atoms with Gasteiger partial charge in [0.05, 0.1) is 13.2 Å². The van der Waals surface area contributed by atoms with E-state index in [0.29, 0.717) is 19.7 Å². The molecular formula is C14H18N4O2. The van der Waals surface area contributed by atoms with Gasteiger partial charge in [0.1, 0.15) is 6.61 Å². The molecule has 0 atom stereocenters. The van der Waals surface area contributed by atoms with E-state index < -0.39 is 0 Å². The second kappa shape index (κ2) is 7.42. The number of nitrogens with two attached hydrogens (primary N) is 1. The van der Waals surface area contributed by atoms with Gasteiger partial charge in [-0.2, -0.15) is 5.10 Å². The SMILES string of the molecule is NCCOCC(=O)Nc1ccccc1Cn1cccn1. The Kier molecular flexibility index (Phi) is 5.28. The quantitative estimate of drug-likeness (QED) is 0.733. The third kappa shape index (κ3) is 4.18. The molecule has 1 aromatic carbocycles. The first-order chi connectivity index (χ1) is 9.79. The third-order valence-electron chi connectivity index (χ3n) is 2.68. The predicted octanol–water partition coefficient (Wildman–Crippen LogP) is 0.845. The highest BCUT2D eigenvalue weighted by molar-refractivity contribution is 5.92. The second-order valence-corrected chi connectivity index (χ2v) is 4.25. The Balaban J connectivity index is 1.98. The van der Waals surface area contributed by atoms with Crippen LogP contribution in [-0.4, -0.2) is 35.4 Å². The number of hydrogen-bond acceptors (Lipinski definition) is 4. The average molecular weight is 274 g/mol. The Morgan fingerprint density at radius 3 is 2.95 bits per heavy atom. The Bertz CT molecular complexity index is 540. The molecular weight excluding hydrogens is 256 g/mol. The van der Waals surface area contributed by atoms with Crippen LogP contribution in [0.15, 0.2) is 42.7 Å². The lowest BCUT2D eigenvalue weighted by molar-refractivity contribution is -0.120. The van der Waals surface area contributed by atoms with Gasteiger partial charge in [0, 0.05) is 24.6 Å². The van der Waals surface area contributed by atoms with Crippen LogP contribution in [0.1, 0.15) is 5.56 Å². The minimum Gasteiger partial charge on any atom is -0.370 e. The molecule has 6 nitrogen and oxygen atoms in total. The van der Waals surface area contributed by atoms with Crippen molar-refractivity contribution >= 4 is 11.6 Å². The lowest BCUT2D eigenvalue weighted by Gasteiger charge is -2.11. The van der Waals surface area contributed by atoms with Crippen LogP contribution in [-0.2, 0) is 16.1 Å². The Morgan fingerprint density at radius 1 is 1.35 bits per heavy atom. The molecule has 3 N–H and O–H groups in total. The molecule has 6 heteroatoms. The summed E-state index contributed by atoms with van der Waals surface area (Å²) in [6.45, 7) is 1.39. The van der Waals surface area contributed by atoms with E-state index in [4.69, 9.17) is 10.5 Å². The fourth-order valence-electron chi connectivity index (χ4n) is 1.78. The minimum absolute atomic E-state index is 0.00725. The molecule has 20 heavy (non-hydrogen) atoms. The van der Waals surface area contributed by atoms with Gasteiger partial charge in [0.2, 0.25) is 5.91 Å². The number of carbonyl (C=O) groups is 1. The van der Waals surface area contributed by atoms with Crippen molar-refractivity contribution in [3.8, 4) is 0 Å². The standard InChI is InChI=1S/C14H18N4O2/c15-6-9-20-11-14(19)17-13-5-2-1-4-12(13)10-18-8-3-7-16-18/h1-5,7-8H,6,9-11,15H2,(H,17,19). The van der Waals surface area contributed by atoms with Gasteiger partial charge in [-0.25, -0.2) is 0 Å². The van der Waals surface area contributed by atoms with E-state index in [9.17, 15) is 4.79 Å². The van der Waals surface area contributed by atoms with Crippen molar-refractivity contribution in [1.82, 2.24) is 9.78 Å². The summed E-state index contributed by atoms with van der Waals surface area (Å²) < 4.78 is 6.91. The summed E-state index contributed by atoms with van der Waals surface area (Å²) in [5.41, 5.74) is 7.06. The van der Waals surface area contributed by atoms with E-state index in [2.05, 4.69) is 10.4 Å². The third-order valence-corrected chi connectivity index (χ3v) is 2.68. The lowest BCUT2D eigenvalue weighted by atomic mass is 10.1. The molecule has 0 fully saturated rings. The van der Waals surface area contributed by atoms with Crippen molar-refractivity contribution in [2.24, 2.45) is 5.73 Å². The van der Waals surface area contributed by atoms with Gasteiger partial charge in [-0.15, -0.1) is 0 Å². The van der Waals surface area contributed by atoms with Crippen LogP contribution < -0.4 is 11.1 Å². The molecule has 1 heterocycles. The maximum Gasteiger partial charge on any atom is 0.250 e. The first kappa shape index (κ1) is 14.2. The van der Waals surface area contributed by atoms with Gasteiger partial charge in [0.15, 0.2) is 0 Å². The van der Waals surface area contributed by atoms with Crippen molar-refractivity contribution in [2.75, 3.05) is 25.1 Å². The summed E-state index contributed by atoms with van der Waals surface area (Å²) in [6.07, 6.45) is 3.60. The maximum atomic E-state index is 11.7. The number of nitrogens with zero attached hydrogens (tertiary/aromatic N) is 2. The number of amides is 1. The van der Waals surface area contributed by atoms with Gasteiger partial charge < -0.3 is 15.8 Å². The van der Waals surface area contributed by atoms with E-state index in [1.165, 1.54) is 0 Å². The number of anilines is 1. The smallest absolute Gasteiger partial charge is 0.250 e. The predicted molar refractivity (Wildman–Crippen MR) is 76.3 cm³/mol. The highest BCUT2D eigenvalue weighted by atomic mass is 16.5. The number of benzene rings is 1. The van der Waals surface area contributed by atoms with Gasteiger partial charge in [-0.05, 0) is 17.7 Å². The molecule has 1 aromatic heterocycles. The Hall–Kier alpha value is -2.18. The van der Waals surface area contributed by atoms with Crippen molar-refractivity contribution < 1.29 is 9.53 Å². The molecule has 0 aliphatic carbocycles. The highest BCUT2D eigenvalue weighted by Crippen LogP contribution is 2.16. The van der Waals surface area contributed by atoms with E-state index in [-0.39, 0.29) is 12.5 Å². The molecule has 0 unspecified atom stereocenters. The number of para-hydroxylation sites is 1. The fraction of sp³-hybridized carbons (Fsp3) is 0.286. The Morgan fingerprint density at radius 2 is 2.20 bits per heavy atom. The molecule has 0 radical (unpaired) electrons. The summed E-state index contributed by atoms with van der Waals surface area (Å²) in [6, 6.07) is 9.49. The van der Waals surface area contributed by atoms with E-state index in [1.807, 2.05) is 36.5 Å². The number of rotatable bonds is 7. The molecule has 0 spiro atoms. The van der Waals surface area contributed by atoms with Crippen LogP contribution in [0.4, 0.5) is 5.69 Å². The van der Waals surface area contributed by atoms with Crippen LogP contribution in [0, 0.1) is 0 Å². The molecule has 0 bridgehead atoms. The van der Waals surface area contributed by atoms with Crippen molar-refractivity contribution in [1.29, 1.82) is 0 Å². The second-order valence-electron chi connectivity index (χ2n) is 4.25. The van der Waals surface area contributed by atoms with Crippen LogP contribution in [0.3, 0.4) is 0 Å². The van der Waals surface area contributed by atoms with E-state index in [0.717, 1.165) is 11.3 Å². The number of nitrogens with one attached hydrogen (secondary N) is 1. The summed E-state index contributed by atoms with van der Waals surface area (Å²) in [5, 5.41) is 6.99.